The molecule has 2 rings (SSSR count). The summed E-state index contributed by atoms with van der Waals surface area (Å²) in [5, 5.41) is 0. The van der Waals surface area contributed by atoms with Gasteiger partial charge in [-0.25, -0.2) is 8.42 Å². The average molecular weight is 283 g/mol. The number of anilines is 1. The van der Waals surface area contributed by atoms with Crippen molar-refractivity contribution in [2.45, 2.75) is 13.5 Å². The molecule has 1 aromatic rings. The maximum Gasteiger partial charge on any atom is 0.211 e. The molecule has 0 spiro atoms. The van der Waals surface area contributed by atoms with Crippen molar-refractivity contribution in [2.75, 3.05) is 37.3 Å². The molecule has 19 heavy (non-hydrogen) atoms. The molecule has 5 nitrogen and oxygen atoms in total. The molecule has 0 aliphatic carbocycles. The molecule has 0 bridgehead atoms. The lowest BCUT2D eigenvalue weighted by Crippen LogP contribution is -2.48. The van der Waals surface area contributed by atoms with Crippen LogP contribution >= 0.6 is 0 Å². The quantitative estimate of drug-likeness (QED) is 0.879. The Morgan fingerprint density at radius 1 is 1.21 bits per heavy atom. The van der Waals surface area contributed by atoms with Crippen LogP contribution in [0.1, 0.15) is 11.1 Å². The zero-order valence-corrected chi connectivity index (χ0v) is 12.3. The number of rotatable bonds is 3. The van der Waals surface area contributed by atoms with Gasteiger partial charge in [-0.15, -0.1) is 0 Å². The van der Waals surface area contributed by atoms with Crippen molar-refractivity contribution in [1.29, 1.82) is 0 Å². The molecule has 1 aliphatic heterocycles. The minimum atomic E-state index is -3.07. The Labute approximate surface area is 115 Å². The number of nitrogens with zero attached hydrogens (tertiary/aromatic N) is 2. The predicted octanol–water partition coefficient (Wildman–Crippen LogP) is 0.535. The molecular formula is C13H21N3O2S. The summed E-state index contributed by atoms with van der Waals surface area (Å²) in [4.78, 5) is 2.21. The van der Waals surface area contributed by atoms with E-state index in [2.05, 4.69) is 23.1 Å². The largest absolute Gasteiger partial charge is 0.369 e. The van der Waals surface area contributed by atoms with E-state index >= 15 is 0 Å². The van der Waals surface area contributed by atoms with Crippen LogP contribution in [0.3, 0.4) is 0 Å². The Bertz CT molecular complexity index is 549. The van der Waals surface area contributed by atoms with E-state index in [1.165, 1.54) is 16.1 Å². The van der Waals surface area contributed by atoms with Gasteiger partial charge in [0.05, 0.1) is 6.26 Å². The molecule has 0 radical (unpaired) electrons. The lowest BCUT2D eigenvalue weighted by atomic mass is 10.1. The van der Waals surface area contributed by atoms with Crippen LogP contribution in [0.2, 0.25) is 0 Å². The fourth-order valence-corrected chi connectivity index (χ4v) is 3.27. The molecular weight excluding hydrogens is 262 g/mol. The lowest BCUT2D eigenvalue weighted by molar-refractivity contribution is 0.388. The minimum Gasteiger partial charge on any atom is -0.369 e. The molecule has 1 aromatic carbocycles. The van der Waals surface area contributed by atoms with Gasteiger partial charge in [0, 0.05) is 38.4 Å². The highest BCUT2D eigenvalue weighted by molar-refractivity contribution is 7.88. The molecule has 2 N–H and O–H groups in total. The molecule has 6 heteroatoms. The SMILES string of the molecule is Cc1ccc(N2CCN(S(C)(=O)=O)CC2)c(CN)c1. The molecule has 1 fully saturated rings. The second-order valence-corrected chi connectivity index (χ2v) is 6.97. The summed E-state index contributed by atoms with van der Waals surface area (Å²) in [6.45, 7) is 5.05. The van der Waals surface area contributed by atoms with Crippen LogP contribution in [0, 0.1) is 6.92 Å². The van der Waals surface area contributed by atoms with Crippen LogP contribution in [0.4, 0.5) is 5.69 Å². The van der Waals surface area contributed by atoms with Crippen molar-refractivity contribution in [2.24, 2.45) is 5.73 Å². The highest BCUT2D eigenvalue weighted by atomic mass is 32.2. The zero-order chi connectivity index (χ0) is 14.0. The molecule has 1 saturated heterocycles. The first-order valence-corrected chi connectivity index (χ1v) is 8.26. The maximum atomic E-state index is 11.5. The van der Waals surface area contributed by atoms with Crippen LogP contribution in [-0.4, -0.2) is 45.2 Å². The second-order valence-electron chi connectivity index (χ2n) is 4.99. The van der Waals surface area contributed by atoms with Crippen LogP contribution in [0.5, 0.6) is 0 Å². The molecule has 1 heterocycles. The molecule has 0 unspecified atom stereocenters. The predicted molar refractivity (Wildman–Crippen MR) is 77.7 cm³/mol. The van der Waals surface area contributed by atoms with Crippen molar-refractivity contribution in [3.63, 3.8) is 0 Å². The third kappa shape index (κ3) is 3.26. The van der Waals surface area contributed by atoms with Crippen molar-refractivity contribution < 1.29 is 8.42 Å². The van der Waals surface area contributed by atoms with Gasteiger partial charge < -0.3 is 10.6 Å². The molecule has 0 saturated carbocycles. The van der Waals surface area contributed by atoms with Gasteiger partial charge in [0.15, 0.2) is 0 Å². The van der Waals surface area contributed by atoms with E-state index in [1.807, 2.05) is 6.92 Å². The lowest BCUT2D eigenvalue weighted by Gasteiger charge is -2.35. The van der Waals surface area contributed by atoms with E-state index in [9.17, 15) is 8.42 Å². The normalized spacial score (nSPS) is 17.7. The first-order chi connectivity index (χ1) is 8.91. The third-order valence-corrected chi connectivity index (χ3v) is 4.81. The fraction of sp³-hybridized carbons (Fsp3) is 0.538. The summed E-state index contributed by atoms with van der Waals surface area (Å²) in [6.07, 6.45) is 1.26. The van der Waals surface area contributed by atoms with E-state index in [-0.39, 0.29) is 0 Å². The van der Waals surface area contributed by atoms with Crippen molar-refractivity contribution in [3.05, 3.63) is 29.3 Å². The molecule has 0 aromatic heterocycles. The van der Waals surface area contributed by atoms with Crippen molar-refractivity contribution in [3.8, 4) is 0 Å². The number of nitrogens with two attached hydrogens (primary N) is 1. The van der Waals surface area contributed by atoms with Gasteiger partial charge in [-0.1, -0.05) is 17.7 Å². The molecule has 0 amide bonds. The zero-order valence-electron chi connectivity index (χ0n) is 11.5. The van der Waals surface area contributed by atoms with Crippen LogP contribution in [-0.2, 0) is 16.6 Å². The summed E-state index contributed by atoms with van der Waals surface area (Å²) >= 11 is 0. The number of hydrogen-bond acceptors (Lipinski definition) is 4. The third-order valence-electron chi connectivity index (χ3n) is 3.50. The monoisotopic (exact) mass is 283 g/mol. The van der Waals surface area contributed by atoms with Gasteiger partial charge >= 0.3 is 0 Å². The van der Waals surface area contributed by atoms with E-state index in [0.717, 1.165) is 11.3 Å². The summed E-state index contributed by atoms with van der Waals surface area (Å²) < 4.78 is 24.5. The number of sulfonamides is 1. The van der Waals surface area contributed by atoms with Gasteiger partial charge in [-0.3, -0.25) is 0 Å². The Morgan fingerprint density at radius 3 is 2.37 bits per heavy atom. The number of piperazine rings is 1. The summed E-state index contributed by atoms with van der Waals surface area (Å²) in [5.74, 6) is 0. The van der Waals surface area contributed by atoms with E-state index in [4.69, 9.17) is 5.73 Å². The molecule has 1 aliphatic rings. The summed E-state index contributed by atoms with van der Waals surface area (Å²) in [6, 6.07) is 6.24. The minimum absolute atomic E-state index is 0.503. The average Bonchev–Trinajstić information content (AvgIpc) is 2.37. The van der Waals surface area contributed by atoms with Crippen LogP contribution in [0.25, 0.3) is 0 Å². The topological polar surface area (TPSA) is 66.6 Å². The van der Waals surface area contributed by atoms with Gasteiger partial charge in [0.2, 0.25) is 10.0 Å². The fourth-order valence-electron chi connectivity index (χ4n) is 2.45. The smallest absolute Gasteiger partial charge is 0.211 e. The van der Waals surface area contributed by atoms with Crippen LogP contribution < -0.4 is 10.6 Å². The van der Waals surface area contributed by atoms with Gasteiger partial charge in [0.1, 0.15) is 0 Å². The molecule has 0 atom stereocenters. The van der Waals surface area contributed by atoms with Crippen LogP contribution in [0.15, 0.2) is 18.2 Å². The maximum absolute atomic E-state index is 11.5. The summed E-state index contributed by atoms with van der Waals surface area (Å²) in [5.41, 5.74) is 9.23. The Balaban J connectivity index is 2.14. The van der Waals surface area contributed by atoms with Gasteiger partial charge in [-0.05, 0) is 18.6 Å². The molecule has 106 valence electrons. The number of benzene rings is 1. The highest BCUT2D eigenvalue weighted by Crippen LogP contribution is 2.23. The standard InChI is InChI=1S/C13H21N3O2S/c1-11-3-4-13(12(9-11)10-14)15-5-7-16(8-6-15)19(2,17)18/h3-4,9H,5-8,10,14H2,1-2H3. The van der Waals surface area contributed by atoms with E-state index < -0.39 is 10.0 Å². The van der Waals surface area contributed by atoms with Gasteiger partial charge in [-0.2, -0.15) is 4.31 Å². The Hall–Kier alpha value is -1.11. The second kappa shape index (κ2) is 5.48. The van der Waals surface area contributed by atoms with Gasteiger partial charge in [0.25, 0.3) is 0 Å². The Morgan fingerprint density at radius 2 is 1.84 bits per heavy atom. The first kappa shape index (κ1) is 14.3. The number of aryl methyl sites for hydroxylation is 1. The van der Waals surface area contributed by atoms with Crippen molar-refractivity contribution >= 4 is 15.7 Å². The highest BCUT2D eigenvalue weighted by Gasteiger charge is 2.24. The number of hydrogen-bond donors (Lipinski definition) is 1. The Kier molecular flexibility index (Phi) is 4.13. The summed E-state index contributed by atoms with van der Waals surface area (Å²) in [7, 11) is -3.07. The van der Waals surface area contributed by atoms with E-state index in [1.54, 1.807) is 0 Å². The first-order valence-electron chi connectivity index (χ1n) is 6.41. The van der Waals surface area contributed by atoms with Crippen molar-refractivity contribution in [1.82, 2.24) is 4.31 Å². The van der Waals surface area contributed by atoms with E-state index in [0.29, 0.717) is 32.7 Å².